The van der Waals surface area contributed by atoms with E-state index in [2.05, 4.69) is 16.0 Å². The predicted octanol–water partition coefficient (Wildman–Crippen LogP) is 0.915. The molecule has 0 aromatic heterocycles. The molecular weight excluding hydrogens is 246 g/mol. The van der Waals surface area contributed by atoms with Crippen molar-refractivity contribution in [1.82, 2.24) is 16.0 Å². The Hall–Kier alpha value is -1.59. The number of hydrogen-bond acceptors (Lipinski definition) is 3. The molecule has 0 aromatic rings. The molecule has 0 radical (unpaired) electrons. The number of carbonyl (C=O) groups excluding carboxylic acids is 3. The third-order valence-electron chi connectivity index (χ3n) is 3.43. The fraction of sp³-hybridized carbons (Fsp3) is 0.769. The smallest absolute Gasteiger partial charge is 0.322 e. The molecule has 3 N–H and O–H groups in total. The van der Waals surface area contributed by atoms with Crippen LogP contribution in [-0.2, 0) is 9.59 Å². The third kappa shape index (κ3) is 3.68. The summed E-state index contributed by atoms with van der Waals surface area (Å²) in [6, 6.07) is -0.489. The highest BCUT2D eigenvalue weighted by molar-refractivity contribution is 6.06. The maximum Gasteiger partial charge on any atom is 0.322 e. The van der Waals surface area contributed by atoms with Gasteiger partial charge in [-0.3, -0.25) is 14.9 Å². The van der Waals surface area contributed by atoms with Crippen LogP contribution in [0.5, 0.6) is 0 Å². The number of imide groups is 1. The molecule has 1 saturated heterocycles. The topological polar surface area (TPSA) is 87.3 Å². The van der Waals surface area contributed by atoms with E-state index in [1.165, 1.54) is 0 Å². The van der Waals surface area contributed by atoms with Crippen molar-refractivity contribution in [2.45, 2.75) is 58.5 Å². The zero-order chi connectivity index (χ0) is 14.8. The first-order chi connectivity index (χ1) is 8.59. The van der Waals surface area contributed by atoms with Crippen LogP contribution in [-0.4, -0.2) is 28.9 Å². The minimum Gasteiger partial charge on any atom is -0.351 e. The summed E-state index contributed by atoms with van der Waals surface area (Å²) in [5, 5.41) is 7.74. The van der Waals surface area contributed by atoms with Crippen molar-refractivity contribution in [1.29, 1.82) is 0 Å². The van der Waals surface area contributed by atoms with Crippen LogP contribution in [0.1, 0.15) is 47.5 Å². The molecule has 0 saturated carbocycles. The number of amides is 4. The number of carbonyl (C=O) groups is 3. The molecule has 1 aliphatic rings. The van der Waals surface area contributed by atoms with Gasteiger partial charge >= 0.3 is 6.03 Å². The van der Waals surface area contributed by atoms with E-state index in [1.54, 1.807) is 6.92 Å². The second kappa shape index (κ2) is 5.19. The molecular formula is C13H23N3O3. The van der Waals surface area contributed by atoms with E-state index in [9.17, 15) is 14.4 Å². The lowest BCUT2D eigenvalue weighted by Gasteiger charge is -2.34. The molecule has 6 heteroatoms. The zero-order valence-corrected chi connectivity index (χ0v) is 12.2. The van der Waals surface area contributed by atoms with Crippen molar-refractivity contribution in [3.05, 3.63) is 0 Å². The van der Waals surface area contributed by atoms with Crippen molar-refractivity contribution in [3.63, 3.8) is 0 Å². The lowest BCUT2D eigenvalue weighted by molar-refractivity contribution is -0.128. The first-order valence-corrected chi connectivity index (χ1v) is 6.55. The van der Waals surface area contributed by atoms with Gasteiger partial charge in [0.15, 0.2) is 0 Å². The summed E-state index contributed by atoms with van der Waals surface area (Å²) in [5.74, 6) is -0.469. The zero-order valence-electron chi connectivity index (χ0n) is 12.2. The van der Waals surface area contributed by atoms with Crippen molar-refractivity contribution < 1.29 is 14.4 Å². The van der Waals surface area contributed by atoms with Gasteiger partial charge in [0.2, 0.25) is 5.91 Å². The first-order valence-electron chi connectivity index (χ1n) is 6.55. The van der Waals surface area contributed by atoms with Crippen molar-refractivity contribution in [2.75, 3.05) is 0 Å². The van der Waals surface area contributed by atoms with E-state index in [0.29, 0.717) is 6.42 Å². The summed E-state index contributed by atoms with van der Waals surface area (Å²) in [5.41, 5.74) is -1.56. The molecule has 2 atom stereocenters. The van der Waals surface area contributed by atoms with Crippen LogP contribution in [0.2, 0.25) is 0 Å². The molecule has 4 amide bonds. The van der Waals surface area contributed by atoms with E-state index < -0.39 is 17.1 Å². The molecule has 6 nitrogen and oxygen atoms in total. The van der Waals surface area contributed by atoms with Gasteiger partial charge in [0, 0.05) is 17.9 Å². The maximum absolute atomic E-state index is 11.9. The Morgan fingerprint density at radius 2 is 2.00 bits per heavy atom. The van der Waals surface area contributed by atoms with Gasteiger partial charge in [-0.2, -0.15) is 0 Å². The first kappa shape index (κ1) is 15.5. The summed E-state index contributed by atoms with van der Waals surface area (Å²) in [7, 11) is 0. The lowest BCUT2D eigenvalue weighted by atomic mass is 9.85. The van der Waals surface area contributed by atoms with Gasteiger partial charge in [0.1, 0.15) is 5.54 Å². The molecule has 0 aliphatic carbocycles. The highest BCUT2D eigenvalue weighted by atomic mass is 16.2. The Bertz CT molecular complexity index is 406. The largest absolute Gasteiger partial charge is 0.351 e. The van der Waals surface area contributed by atoms with E-state index in [4.69, 9.17) is 0 Å². The summed E-state index contributed by atoms with van der Waals surface area (Å²) >= 11 is 0. The number of urea groups is 1. The van der Waals surface area contributed by atoms with E-state index in [1.807, 2.05) is 27.7 Å². The standard InChI is InChI=1S/C13H23N3O3/c1-6-8(2)9(17)15-12(3,4)7-13(5)10(18)14-11(19)16-13/h8H,6-7H2,1-5H3,(H,15,17)(H2,14,16,18,19). The van der Waals surface area contributed by atoms with Crippen LogP contribution in [0.25, 0.3) is 0 Å². The Kier molecular flexibility index (Phi) is 4.22. The van der Waals surface area contributed by atoms with E-state index >= 15 is 0 Å². The third-order valence-corrected chi connectivity index (χ3v) is 3.43. The van der Waals surface area contributed by atoms with Crippen LogP contribution in [0.15, 0.2) is 0 Å². The normalized spacial score (nSPS) is 24.7. The number of rotatable bonds is 5. The van der Waals surface area contributed by atoms with Gasteiger partial charge in [-0.25, -0.2) is 4.79 Å². The van der Waals surface area contributed by atoms with Crippen molar-refractivity contribution in [3.8, 4) is 0 Å². The molecule has 1 rings (SSSR count). The number of nitrogens with one attached hydrogen (secondary N) is 3. The summed E-state index contributed by atoms with van der Waals surface area (Å²) in [6.07, 6.45) is 1.09. The predicted molar refractivity (Wildman–Crippen MR) is 71.4 cm³/mol. The molecule has 0 spiro atoms. The molecule has 108 valence electrons. The summed E-state index contributed by atoms with van der Waals surface area (Å²) in [4.78, 5) is 34.9. The quantitative estimate of drug-likeness (QED) is 0.648. The molecule has 1 heterocycles. The average Bonchev–Trinajstić information content (AvgIpc) is 2.48. The van der Waals surface area contributed by atoms with Crippen LogP contribution in [0.3, 0.4) is 0 Å². The van der Waals surface area contributed by atoms with Crippen molar-refractivity contribution >= 4 is 17.8 Å². The Morgan fingerprint density at radius 3 is 2.42 bits per heavy atom. The van der Waals surface area contributed by atoms with Gasteiger partial charge in [0.05, 0.1) is 0 Å². The minimum absolute atomic E-state index is 0.0409. The van der Waals surface area contributed by atoms with Crippen LogP contribution >= 0.6 is 0 Å². The summed E-state index contributed by atoms with van der Waals surface area (Å²) in [6.45, 7) is 9.15. The molecule has 0 aromatic carbocycles. The Balaban J connectivity index is 2.71. The second-order valence-corrected chi connectivity index (χ2v) is 6.10. The fourth-order valence-electron chi connectivity index (χ4n) is 2.27. The monoisotopic (exact) mass is 269 g/mol. The van der Waals surface area contributed by atoms with E-state index in [-0.39, 0.29) is 17.7 Å². The Labute approximate surface area is 113 Å². The molecule has 1 aliphatic heterocycles. The van der Waals surface area contributed by atoms with Gasteiger partial charge in [-0.05, 0) is 27.2 Å². The Morgan fingerprint density at radius 1 is 1.42 bits per heavy atom. The van der Waals surface area contributed by atoms with Gasteiger partial charge < -0.3 is 10.6 Å². The van der Waals surface area contributed by atoms with Gasteiger partial charge in [-0.1, -0.05) is 13.8 Å². The SMILES string of the molecule is CCC(C)C(=O)NC(C)(C)CC1(C)NC(=O)NC1=O. The minimum atomic E-state index is -0.983. The highest BCUT2D eigenvalue weighted by Crippen LogP contribution is 2.23. The van der Waals surface area contributed by atoms with E-state index in [0.717, 1.165) is 6.42 Å². The van der Waals surface area contributed by atoms with Gasteiger partial charge in [-0.15, -0.1) is 0 Å². The lowest BCUT2D eigenvalue weighted by Crippen LogP contribution is -2.55. The maximum atomic E-state index is 11.9. The molecule has 0 bridgehead atoms. The van der Waals surface area contributed by atoms with Crippen LogP contribution in [0.4, 0.5) is 4.79 Å². The molecule has 1 fully saturated rings. The summed E-state index contributed by atoms with van der Waals surface area (Å²) < 4.78 is 0. The van der Waals surface area contributed by atoms with Crippen LogP contribution in [0, 0.1) is 5.92 Å². The average molecular weight is 269 g/mol. The highest BCUT2D eigenvalue weighted by Gasteiger charge is 2.45. The fourth-order valence-corrected chi connectivity index (χ4v) is 2.27. The molecule has 19 heavy (non-hydrogen) atoms. The van der Waals surface area contributed by atoms with Crippen LogP contribution < -0.4 is 16.0 Å². The van der Waals surface area contributed by atoms with Crippen molar-refractivity contribution in [2.24, 2.45) is 5.92 Å². The number of hydrogen-bond donors (Lipinski definition) is 3. The molecule has 2 unspecified atom stereocenters. The van der Waals surface area contributed by atoms with Gasteiger partial charge in [0.25, 0.3) is 5.91 Å². The second-order valence-electron chi connectivity index (χ2n) is 6.10.